The Kier molecular flexibility index (Phi) is 3.59. The molecule has 1 aliphatic heterocycles. The minimum absolute atomic E-state index is 0.250. The third kappa shape index (κ3) is 2.49. The molecule has 86 valence electrons. The van der Waals surface area contributed by atoms with Gasteiger partial charge in [-0.2, -0.15) is 0 Å². The number of hydrogen-bond acceptors (Lipinski definition) is 3. The van der Waals surface area contributed by atoms with Gasteiger partial charge in [-0.3, -0.25) is 9.80 Å². The summed E-state index contributed by atoms with van der Waals surface area (Å²) >= 11 is 0. The van der Waals surface area contributed by atoms with Gasteiger partial charge in [0.2, 0.25) is 5.91 Å². The number of hydrazine groups is 1. The van der Waals surface area contributed by atoms with Crippen LogP contribution in [-0.2, 0) is 4.79 Å². The fourth-order valence-electron chi connectivity index (χ4n) is 2.69. The van der Waals surface area contributed by atoms with E-state index in [0.29, 0.717) is 19.0 Å². The van der Waals surface area contributed by atoms with E-state index in [-0.39, 0.29) is 5.91 Å². The molecule has 2 aliphatic rings. The second kappa shape index (κ2) is 4.94. The summed E-state index contributed by atoms with van der Waals surface area (Å²) < 4.78 is 0. The molecule has 2 fully saturated rings. The number of rotatable bonds is 4. The highest BCUT2D eigenvalue weighted by Crippen LogP contribution is 2.31. The fourth-order valence-corrected chi connectivity index (χ4v) is 2.69. The first-order chi connectivity index (χ1) is 7.31. The predicted octanol–water partition coefficient (Wildman–Crippen LogP) is 0.631. The van der Waals surface area contributed by atoms with Gasteiger partial charge in [0.15, 0.2) is 0 Å². The van der Waals surface area contributed by atoms with Crippen molar-refractivity contribution in [2.45, 2.75) is 44.6 Å². The molecule has 0 aromatic rings. The van der Waals surface area contributed by atoms with Gasteiger partial charge < -0.3 is 5.73 Å². The minimum Gasteiger partial charge on any atom is -0.330 e. The molecule has 3 N–H and O–H groups in total. The van der Waals surface area contributed by atoms with Gasteiger partial charge in [-0.1, -0.05) is 12.8 Å². The molecule has 1 atom stereocenters. The Morgan fingerprint density at radius 3 is 2.80 bits per heavy atom. The highest BCUT2D eigenvalue weighted by Gasteiger charge is 2.35. The quantitative estimate of drug-likeness (QED) is 0.717. The van der Waals surface area contributed by atoms with E-state index in [2.05, 4.69) is 5.43 Å². The van der Waals surface area contributed by atoms with Crippen LogP contribution in [-0.4, -0.2) is 30.0 Å². The van der Waals surface area contributed by atoms with Crippen LogP contribution < -0.4 is 11.2 Å². The highest BCUT2D eigenvalue weighted by molar-refractivity contribution is 5.78. The third-order valence-electron chi connectivity index (χ3n) is 3.57. The topological polar surface area (TPSA) is 58.4 Å². The maximum Gasteiger partial charge on any atom is 0.238 e. The Morgan fingerprint density at radius 2 is 2.13 bits per heavy atom. The van der Waals surface area contributed by atoms with E-state index in [1.54, 1.807) is 5.01 Å². The van der Waals surface area contributed by atoms with Crippen molar-refractivity contribution in [1.82, 2.24) is 10.4 Å². The average molecular weight is 211 g/mol. The SMILES string of the molecule is NCCCN1NC(C2CCCC2)CC1=O. The van der Waals surface area contributed by atoms with Gasteiger partial charge in [-0.15, -0.1) is 0 Å². The number of carbonyl (C=O) groups is 1. The molecule has 1 saturated heterocycles. The molecule has 4 nitrogen and oxygen atoms in total. The Bertz CT molecular complexity index is 226. The van der Waals surface area contributed by atoms with Gasteiger partial charge in [0.25, 0.3) is 0 Å². The molecule has 1 saturated carbocycles. The van der Waals surface area contributed by atoms with Crippen molar-refractivity contribution in [1.29, 1.82) is 0 Å². The summed E-state index contributed by atoms with van der Waals surface area (Å²) in [5.74, 6) is 0.970. The molecule has 0 bridgehead atoms. The maximum absolute atomic E-state index is 11.7. The minimum atomic E-state index is 0.250. The Hall–Kier alpha value is -0.610. The Balaban J connectivity index is 1.82. The van der Waals surface area contributed by atoms with E-state index in [1.807, 2.05) is 0 Å². The van der Waals surface area contributed by atoms with Crippen LogP contribution in [0.15, 0.2) is 0 Å². The second-order valence-electron chi connectivity index (χ2n) is 4.67. The first kappa shape index (κ1) is 10.9. The van der Waals surface area contributed by atoms with E-state index in [0.717, 1.165) is 18.9 Å². The molecular weight excluding hydrogens is 190 g/mol. The zero-order chi connectivity index (χ0) is 10.7. The molecule has 4 heteroatoms. The van der Waals surface area contributed by atoms with Crippen molar-refractivity contribution in [3.63, 3.8) is 0 Å². The number of nitrogens with one attached hydrogen (secondary N) is 1. The van der Waals surface area contributed by atoms with Crippen molar-refractivity contribution >= 4 is 5.91 Å². The van der Waals surface area contributed by atoms with Crippen molar-refractivity contribution in [2.75, 3.05) is 13.1 Å². The van der Waals surface area contributed by atoms with E-state index in [4.69, 9.17) is 5.73 Å². The monoisotopic (exact) mass is 211 g/mol. The normalized spacial score (nSPS) is 27.9. The number of amides is 1. The molecule has 0 spiro atoms. The van der Waals surface area contributed by atoms with Crippen LogP contribution in [0.5, 0.6) is 0 Å². The molecule has 1 aliphatic carbocycles. The highest BCUT2D eigenvalue weighted by atomic mass is 16.2. The lowest BCUT2D eigenvalue weighted by atomic mass is 9.97. The molecule has 1 amide bonds. The van der Waals surface area contributed by atoms with E-state index in [1.165, 1.54) is 25.7 Å². The maximum atomic E-state index is 11.7. The zero-order valence-corrected chi connectivity index (χ0v) is 9.24. The van der Waals surface area contributed by atoms with E-state index >= 15 is 0 Å². The molecule has 0 aromatic heterocycles. The fraction of sp³-hybridized carbons (Fsp3) is 0.909. The van der Waals surface area contributed by atoms with Gasteiger partial charge in [0.05, 0.1) is 0 Å². The largest absolute Gasteiger partial charge is 0.330 e. The first-order valence-electron chi connectivity index (χ1n) is 6.08. The summed E-state index contributed by atoms with van der Waals surface area (Å²) in [6.45, 7) is 1.41. The van der Waals surface area contributed by atoms with Crippen LogP contribution in [0.1, 0.15) is 38.5 Å². The van der Waals surface area contributed by atoms with Crippen molar-refractivity contribution in [3.8, 4) is 0 Å². The number of hydrogen-bond donors (Lipinski definition) is 2. The summed E-state index contributed by atoms with van der Waals surface area (Å²) in [6, 6.07) is 0.401. The van der Waals surface area contributed by atoms with Crippen LogP contribution in [0, 0.1) is 5.92 Å². The van der Waals surface area contributed by atoms with Crippen molar-refractivity contribution in [2.24, 2.45) is 11.7 Å². The van der Waals surface area contributed by atoms with Gasteiger partial charge in [0, 0.05) is 19.0 Å². The number of nitrogens with zero attached hydrogens (tertiary/aromatic N) is 1. The lowest BCUT2D eigenvalue weighted by Crippen LogP contribution is -2.40. The van der Waals surface area contributed by atoms with E-state index < -0.39 is 0 Å². The zero-order valence-electron chi connectivity index (χ0n) is 9.24. The Labute approximate surface area is 91.2 Å². The van der Waals surface area contributed by atoms with Gasteiger partial charge >= 0.3 is 0 Å². The molecular formula is C11H21N3O. The molecule has 0 aromatic carbocycles. The summed E-state index contributed by atoms with van der Waals surface area (Å²) in [5, 5.41) is 1.77. The molecule has 0 radical (unpaired) electrons. The summed E-state index contributed by atoms with van der Waals surface area (Å²) in [5.41, 5.74) is 8.79. The summed E-state index contributed by atoms with van der Waals surface area (Å²) in [6.07, 6.45) is 6.82. The van der Waals surface area contributed by atoms with Crippen LogP contribution >= 0.6 is 0 Å². The molecule has 15 heavy (non-hydrogen) atoms. The lowest BCUT2D eigenvalue weighted by molar-refractivity contribution is -0.129. The average Bonchev–Trinajstić information content (AvgIpc) is 2.83. The summed E-state index contributed by atoms with van der Waals surface area (Å²) in [4.78, 5) is 11.7. The van der Waals surface area contributed by atoms with E-state index in [9.17, 15) is 4.79 Å². The molecule has 2 rings (SSSR count). The van der Waals surface area contributed by atoms with Crippen molar-refractivity contribution in [3.05, 3.63) is 0 Å². The third-order valence-corrected chi connectivity index (χ3v) is 3.57. The van der Waals surface area contributed by atoms with Crippen LogP contribution in [0.25, 0.3) is 0 Å². The van der Waals surface area contributed by atoms with Gasteiger partial charge in [-0.05, 0) is 31.7 Å². The van der Waals surface area contributed by atoms with Gasteiger partial charge in [0.1, 0.15) is 0 Å². The van der Waals surface area contributed by atoms with Gasteiger partial charge in [-0.25, -0.2) is 5.43 Å². The van der Waals surface area contributed by atoms with Crippen molar-refractivity contribution < 1.29 is 4.79 Å². The predicted molar refractivity (Wildman–Crippen MR) is 58.9 cm³/mol. The number of nitrogens with two attached hydrogens (primary N) is 1. The number of carbonyl (C=O) groups excluding carboxylic acids is 1. The standard InChI is InChI=1S/C11H21N3O/c12-6-3-7-14-11(15)8-10(13-14)9-4-1-2-5-9/h9-10,13H,1-8,12H2. The smallest absolute Gasteiger partial charge is 0.238 e. The molecule has 1 heterocycles. The van der Waals surface area contributed by atoms with Crippen LogP contribution in [0.4, 0.5) is 0 Å². The van der Waals surface area contributed by atoms with Crippen LogP contribution in [0.3, 0.4) is 0 Å². The molecule has 1 unspecified atom stereocenters. The Morgan fingerprint density at radius 1 is 1.40 bits per heavy atom. The lowest BCUT2D eigenvalue weighted by Gasteiger charge is -2.21. The second-order valence-corrected chi connectivity index (χ2v) is 4.67. The summed E-state index contributed by atoms with van der Waals surface area (Å²) in [7, 11) is 0. The van der Waals surface area contributed by atoms with Crippen LogP contribution in [0.2, 0.25) is 0 Å². The first-order valence-corrected chi connectivity index (χ1v) is 6.08.